The fraction of sp³-hybridized carbons (Fsp3) is 0.364. The molecule has 1 aliphatic carbocycles. The van der Waals surface area contributed by atoms with Crippen molar-refractivity contribution in [3.8, 4) is 5.75 Å². The van der Waals surface area contributed by atoms with Gasteiger partial charge in [-0.1, -0.05) is 30.3 Å². The van der Waals surface area contributed by atoms with Crippen LogP contribution in [0.5, 0.6) is 5.75 Å². The number of ether oxygens (including phenoxy) is 1. The molecule has 2 aromatic carbocycles. The summed E-state index contributed by atoms with van der Waals surface area (Å²) in [5.74, 6) is -0.0958. The van der Waals surface area contributed by atoms with Crippen molar-refractivity contribution in [2.24, 2.45) is 0 Å². The molecule has 1 unspecified atom stereocenters. The number of aromatic carboxylic acids is 1. The lowest BCUT2D eigenvalue weighted by atomic mass is 9.86. The summed E-state index contributed by atoms with van der Waals surface area (Å²) >= 11 is 0. The third-order valence-electron chi connectivity index (χ3n) is 5.67. The minimum Gasteiger partial charge on any atom is -0.487 e. The molecule has 1 heterocycles. The summed E-state index contributed by atoms with van der Waals surface area (Å²) in [6.45, 7) is 0.335. The quantitative estimate of drug-likeness (QED) is 0.748. The lowest BCUT2D eigenvalue weighted by Crippen LogP contribution is -2.45. The van der Waals surface area contributed by atoms with Crippen LogP contribution in [0.2, 0.25) is 0 Å². The van der Waals surface area contributed by atoms with E-state index < -0.39 is 5.97 Å². The number of carbonyl (C=O) groups excluding carboxylic acids is 1. The molecule has 1 fully saturated rings. The zero-order valence-corrected chi connectivity index (χ0v) is 15.6. The zero-order valence-electron chi connectivity index (χ0n) is 15.6. The Morgan fingerprint density at radius 1 is 1.07 bits per heavy atom. The van der Waals surface area contributed by atoms with Gasteiger partial charge in [0.05, 0.1) is 11.6 Å². The van der Waals surface area contributed by atoms with E-state index in [4.69, 9.17) is 9.84 Å². The fourth-order valence-corrected chi connectivity index (χ4v) is 4.23. The van der Waals surface area contributed by atoms with E-state index in [0.717, 1.165) is 49.0 Å². The van der Waals surface area contributed by atoms with Gasteiger partial charge in [0.15, 0.2) is 0 Å². The number of carboxylic acid groups (broad SMARTS) is 1. The number of fused-ring (bicyclic) bond motifs is 1. The Bertz CT molecular complexity index is 872. The summed E-state index contributed by atoms with van der Waals surface area (Å²) in [5.41, 5.74) is 1.92. The molecule has 1 atom stereocenters. The van der Waals surface area contributed by atoms with E-state index >= 15 is 0 Å². The Balaban J connectivity index is 1.41. The first-order valence-corrected chi connectivity index (χ1v) is 9.69. The van der Waals surface area contributed by atoms with Crippen molar-refractivity contribution < 1.29 is 19.4 Å². The van der Waals surface area contributed by atoms with Gasteiger partial charge in [-0.3, -0.25) is 0 Å². The maximum atomic E-state index is 12.5. The molecule has 2 aromatic rings. The molecule has 1 spiro atoms. The summed E-state index contributed by atoms with van der Waals surface area (Å²) in [6, 6.07) is 14.1. The lowest BCUT2D eigenvalue weighted by Gasteiger charge is -2.40. The second kappa shape index (κ2) is 7.54. The van der Waals surface area contributed by atoms with Gasteiger partial charge in [-0.15, -0.1) is 0 Å². The number of urea groups is 1. The van der Waals surface area contributed by atoms with Crippen LogP contribution in [0.15, 0.2) is 48.5 Å². The van der Waals surface area contributed by atoms with Crippen molar-refractivity contribution in [1.82, 2.24) is 10.6 Å². The molecule has 6 heteroatoms. The summed E-state index contributed by atoms with van der Waals surface area (Å²) in [4.78, 5) is 23.4. The Morgan fingerprint density at radius 3 is 2.50 bits per heavy atom. The highest BCUT2D eigenvalue weighted by atomic mass is 16.5. The van der Waals surface area contributed by atoms with Crippen LogP contribution in [-0.2, 0) is 6.54 Å². The summed E-state index contributed by atoms with van der Waals surface area (Å²) < 4.78 is 6.33. The molecule has 3 N–H and O–H groups in total. The monoisotopic (exact) mass is 380 g/mol. The lowest BCUT2D eigenvalue weighted by molar-refractivity contribution is 0.0384. The Kier molecular flexibility index (Phi) is 4.94. The second-order valence-electron chi connectivity index (χ2n) is 7.62. The van der Waals surface area contributed by atoms with E-state index in [1.165, 1.54) is 12.1 Å². The number of hydrogen-bond acceptors (Lipinski definition) is 3. The van der Waals surface area contributed by atoms with Gasteiger partial charge < -0.3 is 20.5 Å². The van der Waals surface area contributed by atoms with Crippen molar-refractivity contribution in [3.05, 3.63) is 65.2 Å². The topological polar surface area (TPSA) is 87.7 Å². The van der Waals surface area contributed by atoms with Crippen molar-refractivity contribution in [2.75, 3.05) is 0 Å². The van der Waals surface area contributed by atoms with Crippen LogP contribution in [0.25, 0.3) is 0 Å². The maximum absolute atomic E-state index is 12.5. The van der Waals surface area contributed by atoms with Crippen molar-refractivity contribution in [2.45, 2.75) is 50.3 Å². The van der Waals surface area contributed by atoms with E-state index in [0.29, 0.717) is 6.54 Å². The summed E-state index contributed by atoms with van der Waals surface area (Å²) in [7, 11) is 0. The van der Waals surface area contributed by atoms with Crippen molar-refractivity contribution in [1.29, 1.82) is 0 Å². The van der Waals surface area contributed by atoms with Gasteiger partial charge in [-0.2, -0.15) is 0 Å². The van der Waals surface area contributed by atoms with Gasteiger partial charge in [-0.25, -0.2) is 9.59 Å². The number of nitrogens with one attached hydrogen (secondary N) is 2. The highest BCUT2D eigenvalue weighted by Gasteiger charge is 2.43. The molecular weight excluding hydrogens is 356 g/mol. The fourth-order valence-electron chi connectivity index (χ4n) is 4.23. The molecule has 2 amide bonds. The standard InChI is InChI=1S/C22H24N2O4/c25-20(26)16-9-7-15(8-10-16)14-23-21(27)24-18-13-22(11-3-4-12-22)28-19-6-2-1-5-17(18)19/h1-2,5-10,18H,3-4,11-14H2,(H,25,26)(H2,23,24,27). The van der Waals surface area contributed by atoms with Gasteiger partial charge in [0.1, 0.15) is 11.4 Å². The first-order chi connectivity index (χ1) is 13.5. The van der Waals surface area contributed by atoms with Crippen LogP contribution in [0.1, 0.15) is 59.6 Å². The predicted octanol–water partition coefficient (Wildman–Crippen LogP) is 4.02. The van der Waals surface area contributed by atoms with Crippen LogP contribution in [0.4, 0.5) is 4.79 Å². The van der Waals surface area contributed by atoms with Gasteiger partial charge >= 0.3 is 12.0 Å². The van der Waals surface area contributed by atoms with Crippen LogP contribution in [0, 0.1) is 0 Å². The Labute approximate surface area is 163 Å². The van der Waals surface area contributed by atoms with E-state index in [1.807, 2.05) is 24.3 Å². The van der Waals surface area contributed by atoms with E-state index in [2.05, 4.69) is 10.6 Å². The molecule has 1 aliphatic heterocycles. The summed E-state index contributed by atoms with van der Waals surface area (Å²) in [5, 5.41) is 14.9. The Hall–Kier alpha value is -3.02. The minimum atomic E-state index is -0.962. The van der Waals surface area contributed by atoms with Gasteiger partial charge in [0.25, 0.3) is 0 Å². The van der Waals surface area contributed by atoms with Gasteiger partial charge in [0, 0.05) is 18.5 Å². The average Bonchev–Trinajstić information content (AvgIpc) is 3.14. The smallest absolute Gasteiger partial charge is 0.335 e. The average molecular weight is 380 g/mol. The SMILES string of the molecule is O=C(NCc1ccc(C(=O)O)cc1)NC1CC2(CCCC2)Oc2ccccc21. The third kappa shape index (κ3) is 3.81. The molecular formula is C22H24N2O4. The number of carboxylic acids is 1. The third-order valence-corrected chi connectivity index (χ3v) is 5.67. The highest BCUT2D eigenvalue weighted by molar-refractivity contribution is 5.87. The number of rotatable bonds is 4. The number of para-hydroxylation sites is 1. The molecule has 0 saturated heterocycles. The van der Waals surface area contributed by atoms with Crippen LogP contribution in [0.3, 0.4) is 0 Å². The zero-order chi connectivity index (χ0) is 19.6. The molecule has 1 saturated carbocycles. The predicted molar refractivity (Wildman–Crippen MR) is 104 cm³/mol. The Morgan fingerprint density at radius 2 is 1.79 bits per heavy atom. The second-order valence-corrected chi connectivity index (χ2v) is 7.62. The minimum absolute atomic E-state index is 0.0857. The van der Waals surface area contributed by atoms with Crippen LogP contribution < -0.4 is 15.4 Å². The molecule has 0 radical (unpaired) electrons. The maximum Gasteiger partial charge on any atom is 0.335 e. The molecule has 0 aromatic heterocycles. The number of carbonyl (C=O) groups is 2. The van der Waals surface area contributed by atoms with Crippen molar-refractivity contribution in [3.63, 3.8) is 0 Å². The van der Waals surface area contributed by atoms with Crippen LogP contribution >= 0.6 is 0 Å². The molecule has 146 valence electrons. The van der Waals surface area contributed by atoms with E-state index in [-0.39, 0.29) is 23.2 Å². The number of amides is 2. The summed E-state index contributed by atoms with van der Waals surface area (Å²) in [6.07, 6.45) is 5.15. The van der Waals surface area contributed by atoms with Crippen molar-refractivity contribution >= 4 is 12.0 Å². The van der Waals surface area contributed by atoms with Gasteiger partial charge in [0.2, 0.25) is 0 Å². The molecule has 2 aliphatic rings. The first-order valence-electron chi connectivity index (χ1n) is 9.69. The van der Waals surface area contributed by atoms with Gasteiger partial charge in [-0.05, 0) is 49.4 Å². The van der Waals surface area contributed by atoms with E-state index in [1.54, 1.807) is 12.1 Å². The normalized spacial score (nSPS) is 19.5. The van der Waals surface area contributed by atoms with E-state index in [9.17, 15) is 9.59 Å². The highest BCUT2D eigenvalue weighted by Crippen LogP contribution is 2.46. The molecule has 28 heavy (non-hydrogen) atoms. The largest absolute Gasteiger partial charge is 0.487 e. The number of hydrogen-bond donors (Lipinski definition) is 3. The number of benzene rings is 2. The molecule has 6 nitrogen and oxygen atoms in total. The van der Waals surface area contributed by atoms with Crippen LogP contribution in [-0.4, -0.2) is 22.7 Å². The first kappa shape index (κ1) is 18.3. The molecule has 0 bridgehead atoms. The molecule has 4 rings (SSSR count).